The molecular formula is C12H25N3O3. The molecule has 6 nitrogen and oxygen atoms in total. The van der Waals surface area contributed by atoms with E-state index in [0.29, 0.717) is 12.6 Å². The first-order valence-corrected chi connectivity index (χ1v) is 6.23. The Bertz CT molecular complexity index is 282. The summed E-state index contributed by atoms with van der Waals surface area (Å²) in [6, 6.07) is -0.293. The summed E-state index contributed by atoms with van der Waals surface area (Å²) in [5.74, 6) is -1.52. The third-order valence-corrected chi connectivity index (χ3v) is 3.13. The first-order valence-electron chi connectivity index (χ1n) is 6.23. The number of carbonyl (C=O) groups is 2. The van der Waals surface area contributed by atoms with Gasteiger partial charge >= 0.3 is 12.0 Å². The highest BCUT2D eigenvalue weighted by Crippen LogP contribution is 2.01. The van der Waals surface area contributed by atoms with E-state index in [-0.39, 0.29) is 6.03 Å². The zero-order valence-electron chi connectivity index (χ0n) is 11.9. The number of amides is 2. The van der Waals surface area contributed by atoms with Crippen LogP contribution in [0.2, 0.25) is 0 Å². The van der Waals surface area contributed by atoms with Crippen LogP contribution in [-0.4, -0.2) is 54.2 Å². The number of carboxylic acids is 1. The minimum atomic E-state index is -0.914. The van der Waals surface area contributed by atoms with E-state index in [9.17, 15) is 9.59 Å². The van der Waals surface area contributed by atoms with Crippen LogP contribution >= 0.6 is 0 Å². The summed E-state index contributed by atoms with van der Waals surface area (Å²) >= 11 is 0. The van der Waals surface area contributed by atoms with E-state index in [2.05, 4.69) is 29.4 Å². The molecule has 0 heterocycles. The molecule has 0 aromatic rings. The molecule has 0 bridgehead atoms. The van der Waals surface area contributed by atoms with Crippen molar-refractivity contribution < 1.29 is 14.7 Å². The van der Waals surface area contributed by atoms with E-state index < -0.39 is 17.9 Å². The molecule has 0 aliphatic carbocycles. The van der Waals surface area contributed by atoms with E-state index in [0.717, 1.165) is 6.54 Å². The predicted octanol–water partition coefficient (Wildman–Crippen LogP) is 0.735. The van der Waals surface area contributed by atoms with Crippen molar-refractivity contribution >= 4 is 12.0 Å². The number of carboxylic acid groups (broad SMARTS) is 1. The van der Waals surface area contributed by atoms with Crippen LogP contribution in [0.5, 0.6) is 0 Å². The molecule has 0 aromatic heterocycles. The van der Waals surface area contributed by atoms with Crippen molar-refractivity contribution in [2.45, 2.75) is 39.8 Å². The Balaban J connectivity index is 3.88. The molecule has 2 amide bonds. The summed E-state index contributed by atoms with van der Waals surface area (Å²) < 4.78 is 0. The van der Waals surface area contributed by atoms with Crippen molar-refractivity contribution in [3.63, 3.8) is 0 Å². The molecule has 0 aromatic carbocycles. The predicted molar refractivity (Wildman–Crippen MR) is 70.6 cm³/mol. The van der Waals surface area contributed by atoms with Gasteiger partial charge in [0.05, 0.1) is 5.92 Å². The number of hydrogen-bond donors (Lipinski definition) is 3. The average Bonchev–Trinajstić information content (AvgIpc) is 2.27. The molecule has 106 valence electrons. The monoisotopic (exact) mass is 259 g/mol. The molecule has 0 saturated heterocycles. The summed E-state index contributed by atoms with van der Waals surface area (Å²) in [6.07, 6.45) is 0. The fraction of sp³-hybridized carbons (Fsp3) is 0.833. The number of aliphatic carboxylic acids is 1. The SMILES string of the molecule is CC(NC(=O)NCCN(C)C(C)C)C(C)C(=O)O. The first-order chi connectivity index (χ1) is 8.25. The number of nitrogens with zero attached hydrogens (tertiary/aromatic N) is 1. The fourth-order valence-electron chi connectivity index (χ4n) is 1.20. The highest BCUT2D eigenvalue weighted by Gasteiger charge is 2.20. The van der Waals surface area contributed by atoms with E-state index in [4.69, 9.17) is 5.11 Å². The molecule has 0 spiro atoms. The number of likely N-dealkylation sites (N-methyl/N-ethyl adjacent to an activating group) is 1. The molecule has 0 fully saturated rings. The third kappa shape index (κ3) is 6.44. The van der Waals surface area contributed by atoms with Gasteiger partial charge in [-0.2, -0.15) is 0 Å². The molecule has 2 unspecified atom stereocenters. The normalized spacial score (nSPS) is 14.4. The molecule has 3 N–H and O–H groups in total. The average molecular weight is 259 g/mol. The van der Waals surface area contributed by atoms with Crippen molar-refractivity contribution in [1.29, 1.82) is 0 Å². The molecular weight excluding hydrogens is 234 g/mol. The maximum atomic E-state index is 11.5. The first kappa shape index (κ1) is 16.7. The smallest absolute Gasteiger partial charge is 0.315 e. The molecule has 0 aliphatic heterocycles. The summed E-state index contributed by atoms with van der Waals surface area (Å²) in [4.78, 5) is 24.3. The lowest BCUT2D eigenvalue weighted by atomic mass is 10.0. The van der Waals surface area contributed by atoms with Gasteiger partial charge in [-0.05, 0) is 34.7 Å². The van der Waals surface area contributed by atoms with Gasteiger partial charge in [0.2, 0.25) is 0 Å². The second-order valence-electron chi connectivity index (χ2n) is 4.89. The van der Waals surface area contributed by atoms with Gasteiger partial charge in [-0.1, -0.05) is 0 Å². The third-order valence-electron chi connectivity index (χ3n) is 3.13. The number of carbonyl (C=O) groups excluding carboxylic acids is 1. The zero-order valence-corrected chi connectivity index (χ0v) is 11.9. The zero-order chi connectivity index (χ0) is 14.3. The van der Waals surface area contributed by atoms with E-state index in [1.807, 2.05) is 7.05 Å². The summed E-state index contributed by atoms with van der Waals surface area (Å²) in [5, 5.41) is 14.1. The number of hydrogen-bond acceptors (Lipinski definition) is 3. The summed E-state index contributed by atoms with van der Waals surface area (Å²) in [6.45, 7) is 8.70. The largest absolute Gasteiger partial charge is 0.481 e. The van der Waals surface area contributed by atoms with Gasteiger partial charge in [-0.15, -0.1) is 0 Å². The van der Waals surface area contributed by atoms with E-state index in [1.54, 1.807) is 13.8 Å². The number of urea groups is 1. The Morgan fingerprint density at radius 3 is 2.22 bits per heavy atom. The molecule has 6 heteroatoms. The lowest BCUT2D eigenvalue weighted by molar-refractivity contribution is -0.141. The van der Waals surface area contributed by atoms with Crippen molar-refractivity contribution in [2.75, 3.05) is 20.1 Å². The van der Waals surface area contributed by atoms with Crippen LogP contribution in [0.4, 0.5) is 4.79 Å². The summed E-state index contributed by atoms with van der Waals surface area (Å²) in [7, 11) is 1.99. The Kier molecular flexibility index (Phi) is 7.35. The Labute approximate surface area is 109 Å². The van der Waals surface area contributed by atoms with Crippen LogP contribution < -0.4 is 10.6 Å². The minimum Gasteiger partial charge on any atom is -0.481 e. The quantitative estimate of drug-likeness (QED) is 0.629. The molecule has 0 rings (SSSR count). The van der Waals surface area contributed by atoms with Crippen molar-refractivity contribution in [3.8, 4) is 0 Å². The maximum Gasteiger partial charge on any atom is 0.315 e. The molecule has 0 aliphatic rings. The van der Waals surface area contributed by atoms with Gasteiger partial charge in [0.15, 0.2) is 0 Å². The Morgan fingerprint density at radius 1 is 1.22 bits per heavy atom. The van der Waals surface area contributed by atoms with Gasteiger partial charge in [-0.25, -0.2) is 4.79 Å². The van der Waals surface area contributed by atoms with Crippen LogP contribution in [0.3, 0.4) is 0 Å². The lowest BCUT2D eigenvalue weighted by Gasteiger charge is -2.22. The number of rotatable bonds is 7. The van der Waals surface area contributed by atoms with Gasteiger partial charge in [0, 0.05) is 25.2 Å². The van der Waals surface area contributed by atoms with Crippen LogP contribution in [0.15, 0.2) is 0 Å². The van der Waals surface area contributed by atoms with Crippen molar-refractivity contribution in [1.82, 2.24) is 15.5 Å². The highest BCUT2D eigenvalue weighted by atomic mass is 16.4. The van der Waals surface area contributed by atoms with Gasteiger partial charge in [-0.3, -0.25) is 4.79 Å². The van der Waals surface area contributed by atoms with Crippen LogP contribution in [0, 0.1) is 5.92 Å². The number of nitrogens with one attached hydrogen (secondary N) is 2. The van der Waals surface area contributed by atoms with Gasteiger partial charge in [0.1, 0.15) is 0 Å². The topological polar surface area (TPSA) is 81.7 Å². The van der Waals surface area contributed by atoms with Crippen LogP contribution in [0.25, 0.3) is 0 Å². The molecule has 0 saturated carbocycles. The van der Waals surface area contributed by atoms with Crippen molar-refractivity contribution in [3.05, 3.63) is 0 Å². The van der Waals surface area contributed by atoms with E-state index in [1.165, 1.54) is 0 Å². The fourth-order valence-corrected chi connectivity index (χ4v) is 1.20. The van der Waals surface area contributed by atoms with E-state index >= 15 is 0 Å². The molecule has 18 heavy (non-hydrogen) atoms. The van der Waals surface area contributed by atoms with Crippen LogP contribution in [0.1, 0.15) is 27.7 Å². The van der Waals surface area contributed by atoms with Gasteiger partial charge in [0.25, 0.3) is 0 Å². The Morgan fingerprint density at radius 2 is 1.78 bits per heavy atom. The second-order valence-corrected chi connectivity index (χ2v) is 4.89. The lowest BCUT2D eigenvalue weighted by Crippen LogP contribution is -2.47. The highest BCUT2D eigenvalue weighted by molar-refractivity contribution is 5.76. The van der Waals surface area contributed by atoms with Crippen LogP contribution in [-0.2, 0) is 4.79 Å². The summed E-state index contributed by atoms with van der Waals surface area (Å²) in [5.41, 5.74) is 0. The van der Waals surface area contributed by atoms with Crippen molar-refractivity contribution in [2.24, 2.45) is 5.92 Å². The molecule has 0 radical (unpaired) electrons. The standard InChI is InChI=1S/C12H25N3O3/c1-8(2)15(5)7-6-13-12(18)14-10(4)9(3)11(16)17/h8-10H,6-7H2,1-5H3,(H,16,17)(H2,13,14,18). The minimum absolute atomic E-state index is 0.326. The maximum absolute atomic E-state index is 11.5. The second kappa shape index (κ2) is 7.92. The Hall–Kier alpha value is -1.30. The molecule has 2 atom stereocenters. The van der Waals surface area contributed by atoms with Gasteiger partial charge < -0.3 is 20.6 Å².